The number of amides is 1. The van der Waals surface area contributed by atoms with E-state index < -0.39 is 20.0 Å². The Morgan fingerprint density at radius 3 is 2.29 bits per heavy atom. The minimum atomic E-state index is -3.95. The molecule has 0 saturated heterocycles. The maximum absolute atomic E-state index is 12.9. The van der Waals surface area contributed by atoms with Crippen molar-refractivity contribution in [1.82, 2.24) is 14.8 Å². The largest absolute Gasteiger partial charge is 0.495 e. The molecule has 11 heteroatoms. The molecule has 1 amide bonds. The number of hydrogen-bond donors (Lipinski definition) is 3. The average molecular weight is 524 g/mol. The molecule has 192 valence electrons. The predicted molar refractivity (Wildman–Crippen MR) is 134 cm³/mol. The van der Waals surface area contributed by atoms with Crippen molar-refractivity contribution < 1.29 is 26.4 Å². The summed E-state index contributed by atoms with van der Waals surface area (Å²) in [5.74, 6) is -0.245. The SMILES string of the molecule is CCNC(=O)c1ccc(OC)c(S(=O)(=O)NCCc2ccc(S(=O)(=O)NC3CCCCC3)cc2)c1. The zero-order chi connectivity index (χ0) is 25.5. The van der Waals surface area contributed by atoms with Gasteiger partial charge in [0, 0.05) is 24.7 Å². The van der Waals surface area contributed by atoms with E-state index in [0.29, 0.717) is 13.0 Å². The second-order valence-electron chi connectivity index (χ2n) is 8.47. The van der Waals surface area contributed by atoms with Gasteiger partial charge >= 0.3 is 0 Å². The molecule has 3 N–H and O–H groups in total. The van der Waals surface area contributed by atoms with Crippen LogP contribution in [0.15, 0.2) is 52.3 Å². The van der Waals surface area contributed by atoms with Crippen LogP contribution in [0.4, 0.5) is 0 Å². The highest BCUT2D eigenvalue weighted by Gasteiger charge is 2.23. The molecule has 0 atom stereocenters. The standard InChI is InChI=1S/C24H33N3O6S2/c1-3-25-24(28)19-11-14-22(33-2)23(17-19)35(31,32)26-16-15-18-9-12-21(13-10-18)34(29,30)27-20-7-5-4-6-8-20/h9-14,17,20,26-27H,3-8,15-16H2,1-2H3,(H,25,28). The van der Waals surface area contributed by atoms with Gasteiger partial charge in [0.1, 0.15) is 10.6 Å². The number of benzene rings is 2. The van der Waals surface area contributed by atoms with Crippen molar-refractivity contribution in [2.24, 2.45) is 0 Å². The summed E-state index contributed by atoms with van der Waals surface area (Å²) < 4.78 is 61.6. The van der Waals surface area contributed by atoms with Gasteiger partial charge in [-0.05, 0) is 62.1 Å². The minimum absolute atomic E-state index is 0.0219. The molecule has 3 rings (SSSR count). The Morgan fingerprint density at radius 1 is 0.971 bits per heavy atom. The predicted octanol–water partition coefficient (Wildman–Crippen LogP) is 2.58. The van der Waals surface area contributed by atoms with Gasteiger partial charge in [0.05, 0.1) is 12.0 Å². The van der Waals surface area contributed by atoms with E-state index >= 15 is 0 Å². The number of sulfonamides is 2. The molecule has 2 aromatic carbocycles. The fourth-order valence-corrected chi connectivity index (χ4v) is 6.57. The maximum atomic E-state index is 12.9. The van der Waals surface area contributed by atoms with Crippen LogP contribution < -0.4 is 19.5 Å². The van der Waals surface area contributed by atoms with Crippen LogP contribution in [0.3, 0.4) is 0 Å². The third-order valence-corrected chi connectivity index (χ3v) is 8.94. The first-order valence-electron chi connectivity index (χ1n) is 11.7. The maximum Gasteiger partial charge on any atom is 0.251 e. The van der Waals surface area contributed by atoms with Crippen LogP contribution in [-0.4, -0.2) is 49.0 Å². The van der Waals surface area contributed by atoms with Gasteiger partial charge in [-0.25, -0.2) is 26.3 Å². The van der Waals surface area contributed by atoms with Crippen LogP contribution >= 0.6 is 0 Å². The van der Waals surface area contributed by atoms with Gasteiger partial charge in [-0.15, -0.1) is 0 Å². The van der Waals surface area contributed by atoms with Gasteiger partial charge in [-0.1, -0.05) is 31.4 Å². The van der Waals surface area contributed by atoms with Crippen molar-refractivity contribution in [2.45, 2.75) is 61.3 Å². The highest BCUT2D eigenvalue weighted by Crippen LogP contribution is 2.25. The summed E-state index contributed by atoms with van der Waals surface area (Å²) in [5, 5.41) is 2.64. The van der Waals surface area contributed by atoms with Crippen molar-refractivity contribution >= 4 is 26.0 Å². The van der Waals surface area contributed by atoms with E-state index in [4.69, 9.17) is 4.74 Å². The third kappa shape index (κ3) is 7.26. The quantitative estimate of drug-likeness (QED) is 0.415. The second kappa shape index (κ2) is 12.0. The van der Waals surface area contributed by atoms with Crippen LogP contribution in [0.1, 0.15) is 54.9 Å². The highest BCUT2D eigenvalue weighted by atomic mass is 32.2. The first-order valence-corrected chi connectivity index (χ1v) is 14.7. The third-order valence-electron chi connectivity index (χ3n) is 5.92. The molecular formula is C24H33N3O6S2. The lowest BCUT2D eigenvalue weighted by Crippen LogP contribution is -2.36. The van der Waals surface area contributed by atoms with Crippen molar-refractivity contribution in [2.75, 3.05) is 20.2 Å². The van der Waals surface area contributed by atoms with Crippen LogP contribution in [0.2, 0.25) is 0 Å². The van der Waals surface area contributed by atoms with Gasteiger partial charge < -0.3 is 10.1 Å². The lowest BCUT2D eigenvalue weighted by molar-refractivity contribution is 0.0955. The first kappa shape index (κ1) is 27.1. The number of carbonyl (C=O) groups excluding carboxylic acids is 1. The Balaban J connectivity index is 1.63. The zero-order valence-corrected chi connectivity index (χ0v) is 21.7. The molecule has 0 unspecified atom stereocenters. The van der Waals surface area contributed by atoms with Crippen LogP contribution in [-0.2, 0) is 26.5 Å². The summed E-state index contributed by atoms with van der Waals surface area (Å²) in [7, 11) is -6.18. The molecule has 2 aromatic rings. The first-order chi connectivity index (χ1) is 16.7. The molecule has 0 spiro atoms. The molecule has 0 aliphatic heterocycles. The fraction of sp³-hybridized carbons (Fsp3) is 0.458. The minimum Gasteiger partial charge on any atom is -0.495 e. The average Bonchev–Trinajstić information content (AvgIpc) is 2.84. The lowest BCUT2D eigenvalue weighted by Gasteiger charge is -2.22. The van der Waals surface area contributed by atoms with Gasteiger partial charge in [0.25, 0.3) is 5.91 Å². The smallest absolute Gasteiger partial charge is 0.251 e. The molecule has 0 aromatic heterocycles. The Kier molecular flexibility index (Phi) is 9.28. The number of ether oxygens (including phenoxy) is 1. The molecule has 0 radical (unpaired) electrons. The van der Waals surface area contributed by atoms with Crippen molar-refractivity contribution in [1.29, 1.82) is 0 Å². The molecule has 1 aliphatic carbocycles. The van der Waals surface area contributed by atoms with Crippen LogP contribution in [0, 0.1) is 0 Å². The normalized spacial score (nSPS) is 15.0. The van der Waals surface area contributed by atoms with Crippen LogP contribution in [0.25, 0.3) is 0 Å². The van der Waals surface area contributed by atoms with Crippen LogP contribution in [0.5, 0.6) is 5.75 Å². The molecule has 9 nitrogen and oxygen atoms in total. The number of hydrogen-bond acceptors (Lipinski definition) is 6. The Bertz CT molecular complexity index is 1220. The van der Waals surface area contributed by atoms with E-state index in [0.717, 1.165) is 37.7 Å². The van der Waals surface area contributed by atoms with Crippen molar-refractivity contribution in [3.05, 3.63) is 53.6 Å². The molecule has 1 fully saturated rings. The summed E-state index contributed by atoms with van der Waals surface area (Å²) >= 11 is 0. The highest BCUT2D eigenvalue weighted by molar-refractivity contribution is 7.89. The fourth-order valence-electron chi connectivity index (χ4n) is 4.04. The van der Waals surface area contributed by atoms with Gasteiger partial charge in [0.2, 0.25) is 20.0 Å². The topological polar surface area (TPSA) is 131 Å². The summed E-state index contributed by atoms with van der Waals surface area (Å²) in [6, 6.07) is 10.6. The van der Waals surface area contributed by atoms with E-state index in [1.54, 1.807) is 19.1 Å². The molecule has 35 heavy (non-hydrogen) atoms. The van der Waals surface area contributed by atoms with E-state index in [-0.39, 0.29) is 39.6 Å². The molecule has 0 bridgehead atoms. The summed E-state index contributed by atoms with van der Waals surface area (Å²) in [5.41, 5.74) is 0.999. The second-order valence-corrected chi connectivity index (χ2v) is 11.9. The van der Waals surface area contributed by atoms with Crippen molar-refractivity contribution in [3.63, 3.8) is 0 Å². The number of nitrogens with one attached hydrogen (secondary N) is 3. The zero-order valence-electron chi connectivity index (χ0n) is 20.0. The van der Waals surface area contributed by atoms with E-state index in [9.17, 15) is 21.6 Å². The Morgan fingerprint density at radius 2 is 1.66 bits per heavy atom. The Labute approximate surface area is 207 Å². The molecule has 1 saturated carbocycles. The van der Waals surface area contributed by atoms with Gasteiger partial charge in [-0.2, -0.15) is 0 Å². The Hall–Kier alpha value is -2.47. The summed E-state index contributed by atoms with van der Waals surface area (Å²) in [6.45, 7) is 2.28. The number of methoxy groups -OCH3 is 1. The molecular weight excluding hydrogens is 490 g/mol. The summed E-state index contributed by atoms with van der Waals surface area (Å²) in [4.78, 5) is 12.2. The van der Waals surface area contributed by atoms with Gasteiger partial charge in [-0.3, -0.25) is 4.79 Å². The number of carbonyl (C=O) groups is 1. The molecule has 0 heterocycles. The lowest BCUT2D eigenvalue weighted by atomic mass is 9.96. The van der Waals surface area contributed by atoms with E-state index in [2.05, 4.69) is 14.8 Å². The monoisotopic (exact) mass is 523 g/mol. The van der Waals surface area contributed by atoms with Gasteiger partial charge in [0.15, 0.2) is 0 Å². The van der Waals surface area contributed by atoms with Crippen molar-refractivity contribution in [3.8, 4) is 5.75 Å². The molecule has 1 aliphatic rings. The van der Waals surface area contributed by atoms with E-state index in [1.165, 1.54) is 37.4 Å². The van der Waals surface area contributed by atoms with E-state index in [1.807, 2.05) is 0 Å². The summed E-state index contributed by atoms with van der Waals surface area (Å²) in [6.07, 6.45) is 5.27. The number of rotatable bonds is 11.